The smallest absolute Gasteiger partial charge is 0.241 e. The number of carbonyl (C=O) groups excluding carboxylic acids is 1. The lowest BCUT2D eigenvalue weighted by molar-refractivity contribution is -0.119. The predicted molar refractivity (Wildman–Crippen MR) is 57.1 cm³/mol. The molecule has 0 spiro atoms. The van der Waals surface area contributed by atoms with Crippen LogP contribution in [0.15, 0.2) is 29.2 Å². The Morgan fingerprint density at radius 3 is 2.62 bits per heavy atom. The average Bonchev–Trinajstić information content (AvgIpc) is 2.17. The van der Waals surface area contributed by atoms with E-state index in [0.29, 0.717) is 0 Å². The lowest BCUT2D eigenvalue weighted by Gasteiger charge is -2.10. The van der Waals surface area contributed by atoms with Crippen LogP contribution in [-0.2, 0) is 14.8 Å². The zero-order valence-electron chi connectivity index (χ0n) is 8.54. The standard InChI is InChI=1S/C9H12N2O4S/c1-6(9(10)13)11-16(14,15)8-4-2-3-7(12)5-8/h2-6,11-12H,1H3,(H2,10,13). The number of carbonyl (C=O) groups is 1. The van der Waals surface area contributed by atoms with Crippen molar-refractivity contribution in [2.24, 2.45) is 5.73 Å². The fourth-order valence-corrected chi connectivity index (χ4v) is 2.26. The van der Waals surface area contributed by atoms with Gasteiger partial charge in [0, 0.05) is 0 Å². The summed E-state index contributed by atoms with van der Waals surface area (Å²) in [4.78, 5) is 10.6. The quantitative estimate of drug-likeness (QED) is 0.666. The largest absolute Gasteiger partial charge is 0.508 e. The molecule has 0 saturated heterocycles. The number of sulfonamides is 1. The second-order valence-corrected chi connectivity index (χ2v) is 4.96. The minimum absolute atomic E-state index is 0.124. The van der Waals surface area contributed by atoms with Crippen molar-refractivity contribution in [3.8, 4) is 5.75 Å². The highest BCUT2D eigenvalue weighted by Crippen LogP contribution is 2.15. The van der Waals surface area contributed by atoms with Crippen LogP contribution in [0, 0.1) is 0 Å². The number of phenolic OH excluding ortho intramolecular Hbond substituents is 1. The van der Waals surface area contributed by atoms with E-state index in [0.717, 1.165) is 6.07 Å². The van der Waals surface area contributed by atoms with E-state index in [2.05, 4.69) is 4.72 Å². The summed E-state index contributed by atoms with van der Waals surface area (Å²) in [5.41, 5.74) is 4.94. The van der Waals surface area contributed by atoms with Crippen LogP contribution in [0.3, 0.4) is 0 Å². The summed E-state index contributed by atoms with van der Waals surface area (Å²) in [5, 5.41) is 9.14. The lowest BCUT2D eigenvalue weighted by atomic mass is 10.3. The monoisotopic (exact) mass is 244 g/mol. The van der Waals surface area contributed by atoms with E-state index < -0.39 is 22.0 Å². The molecule has 0 aromatic heterocycles. The van der Waals surface area contributed by atoms with Gasteiger partial charge in [-0.25, -0.2) is 8.42 Å². The predicted octanol–water partition coefficient (Wildman–Crippen LogP) is -0.456. The van der Waals surface area contributed by atoms with E-state index in [-0.39, 0.29) is 10.6 Å². The molecule has 0 aliphatic rings. The Morgan fingerprint density at radius 2 is 2.12 bits per heavy atom. The Labute approximate surface area is 93.1 Å². The van der Waals surface area contributed by atoms with Crippen LogP contribution in [0.4, 0.5) is 0 Å². The first-order chi connectivity index (χ1) is 7.33. The zero-order chi connectivity index (χ0) is 12.3. The Balaban J connectivity index is 2.99. The number of nitrogens with one attached hydrogen (secondary N) is 1. The number of nitrogens with two attached hydrogens (primary N) is 1. The van der Waals surface area contributed by atoms with Gasteiger partial charge in [-0.2, -0.15) is 4.72 Å². The number of amides is 1. The fourth-order valence-electron chi connectivity index (χ4n) is 1.01. The van der Waals surface area contributed by atoms with E-state index in [1.165, 1.54) is 25.1 Å². The van der Waals surface area contributed by atoms with Crippen molar-refractivity contribution >= 4 is 15.9 Å². The Bertz CT molecular complexity index is 498. The Hall–Kier alpha value is -1.60. The molecular formula is C9H12N2O4S. The van der Waals surface area contributed by atoms with Gasteiger partial charge < -0.3 is 10.8 Å². The van der Waals surface area contributed by atoms with Crippen LogP contribution < -0.4 is 10.5 Å². The van der Waals surface area contributed by atoms with E-state index in [4.69, 9.17) is 10.8 Å². The third-order valence-corrected chi connectivity index (χ3v) is 3.43. The van der Waals surface area contributed by atoms with Crippen molar-refractivity contribution in [3.63, 3.8) is 0 Å². The highest BCUT2D eigenvalue weighted by Gasteiger charge is 2.20. The summed E-state index contributed by atoms with van der Waals surface area (Å²) in [5.74, 6) is -0.946. The normalized spacial score (nSPS) is 13.3. The van der Waals surface area contributed by atoms with Crippen molar-refractivity contribution in [2.75, 3.05) is 0 Å². The van der Waals surface area contributed by atoms with Crippen LogP contribution in [0.5, 0.6) is 5.75 Å². The molecule has 7 heteroatoms. The summed E-state index contributed by atoms with van der Waals surface area (Å²) in [7, 11) is -3.84. The number of phenols is 1. The molecule has 0 radical (unpaired) electrons. The van der Waals surface area contributed by atoms with Gasteiger partial charge in [0.15, 0.2) is 0 Å². The molecule has 0 bridgehead atoms. The van der Waals surface area contributed by atoms with Crippen LogP contribution >= 0.6 is 0 Å². The number of benzene rings is 1. The van der Waals surface area contributed by atoms with Gasteiger partial charge in [-0.15, -0.1) is 0 Å². The van der Waals surface area contributed by atoms with Crippen molar-refractivity contribution in [1.82, 2.24) is 4.72 Å². The van der Waals surface area contributed by atoms with Gasteiger partial charge in [-0.05, 0) is 25.1 Å². The molecule has 0 aliphatic carbocycles. The first-order valence-corrected chi connectivity index (χ1v) is 5.92. The van der Waals surface area contributed by atoms with Crippen molar-refractivity contribution in [2.45, 2.75) is 17.9 Å². The number of rotatable bonds is 4. The van der Waals surface area contributed by atoms with E-state index in [1.54, 1.807) is 0 Å². The van der Waals surface area contributed by atoms with Gasteiger partial charge in [0.2, 0.25) is 15.9 Å². The van der Waals surface area contributed by atoms with Crippen LogP contribution in [0.1, 0.15) is 6.92 Å². The van der Waals surface area contributed by atoms with Gasteiger partial charge in [-0.1, -0.05) is 6.07 Å². The van der Waals surface area contributed by atoms with E-state index in [1.807, 2.05) is 0 Å². The molecule has 1 atom stereocenters. The molecular weight excluding hydrogens is 232 g/mol. The molecule has 1 aromatic rings. The molecule has 0 fully saturated rings. The summed E-state index contributed by atoms with van der Waals surface area (Å²) < 4.78 is 25.4. The summed E-state index contributed by atoms with van der Waals surface area (Å²) in [6.07, 6.45) is 0. The van der Waals surface area contributed by atoms with Gasteiger partial charge in [-0.3, -0.25) is 4.79 Å². The lowest BCUT2D eigenvalue weighted by Crippen LogP contribution is -2.42. The molecule has 6 nitrogen and oxygen atoms in total. The highest BCUT2D eigenvalue weighted by molar-refractivity contribution is 7.89. The second kappa shape index (κ2) is 4.50. The topological polar surface area (TPSA) is 109 Å². The minimum Gasteiger partial charge on any atom is -0.508 e. The number of aromatic hydroxyl groups is 1. The minimum atomic E-state index is -3.84. The number of primary amides is 1. The molecule has 16 heavy (non-hydrogen) atoms. The Kier molecular flexibility index (Phi) is 3.51. The number of hydrogen-bond donors (Lipinski definition) is 3. The summed E-state index contributed by atoms with van der Waals surface area (Å²) in [6, 6.07) is 4.11. The van der Waals surface area contributed by atoms with Crippen LogP contribution in [0.2, 0.25) is 0 Å². The van der Waals surface area contributed by atoms with Crippen LogP contribution in [-0.4, -0.2) is 25.5 Å². The molecule has 0 heterocycles. The average molecular weight is 244 g/mol. The maximum atomic E-state index is 11.7. The fraction of sp³-hybridized carbons (Fsp3) is 0.222. The molecule has 1 aromatic carbocycles. The van der Waals surface area contributed by atoms with E-state index >= 15 is 0 Å². The molecule has 1 unspecified atom stereocenters. The molecule has 1 rings (SSSR count). The highest BCUT2D eigenvalue weighted by atomic mass is 32.2. The molecule has 0 aliphatic heterocycles. The van der Waals surface area contributed by atoms with Crippen molar-refractivity contribution in [1.29, 1.82) is 0 Å². The maximum absolute atomic E-state index is 11.7. The third-order valence-electron chi connectivity index (χ3n) is 1.89. The van der Waals surface area contributed by atoms with Crippen molar-refractivity contribution < 1.29 is 18.3 Å². The maximum Gasteiger partial charge on any atom is 0.241 e. The van der Waals surface area contributed by atoms with Gasteiger partial charge in [0.05, 0.1) is 10.9 Å². The summed E-state index contributed by atoms with van der Waals surface area (Å²) >= 11 is 0. The van der Waals surface area contributed by atoms with Gasteiger partial charge in [0.25, 0.3) is 0 Å². The van der Waals surface area contributed by atoms with Crippen molar-refractivity contribution in [3.05, 3.63) is 24.3 Å². The molecule has 88 valence electrons. The second-order valence-electron chi connectivity index (χ2n) is 3.24. The Morgan fingerprint density at radius 1 is 1.50 bits per heavy atom. The van der Waals surface area contributed by atoms with Gasteiger partial charge >= 0.3 is 0 Å². The SMILES string of the molecule is CC(NS(=O)(=O)c1cccc(O)c1)C(N)=O. The molecule has 1 amide bonds. The zero-order valence-corrected chi connectivity index (χ0v) is 9.36. The number of hydrogen-bond acceptors (Lipinski definition) is 4. The first kappa shape index (κ1) is 12.5. The van der Waals surface area contributed by atoms with Gasteiger partial charge in [0.1, 0.15) is 5.75 Å². The molecule has 0 saturated carbocycles. The first-order valence-electron chi connectivity index (χ1n) is 4.43. The molecule has 4 N–H and O–H groups in total. The summed E-state index contributed by atoms with van der Waals surface area (Å²) in [6.45, 7) is 1.34. The van der Waals surface area contributed by atoms with E-state index in [9.17, 15) is 13.2 Å². The van der Waals surface area contributed by atoms with Crippen LogP contribution in [0.25, 0.3) is 0 Å². The third kappa shape index (κ3) is 2.94.